The summed E-state index contributed by atoms with van der Waals surface area (Å²) >= 11 is 5.91. The lowest BCUT2D eigenvalue weighted by atomic mass is 10.1. The summed E-state index contributed by atoms with van der Waals surface area (Å²) < 4.78 is 26.7. The van der Waals surface area contributed by atoms with Crippen molar-refractivity contribution < 1.29 is 8.42 Å². The van der Waals surface area contributed by atoms with Gasteiger partial charge in [-0.1, -0.05) is 50.6 Å². The van der Waals surface area contributed by atoms with Gasteiger partial charge in [0.05, 0.1) is 5.02 Å². The molecule has 3 N–H and O–H groups in total. The van der Waals surface area contributed by atoms with Gasteiger partial charge in [0, 0.05) is 12.2 Å². The molecule has 1 aromatic carbocycles. The van der Waals surface area contributed by atoms with Crippen LogP contribution in [-0.4, -0.2) is 15.0 Å². The zero-order valence-corrected chi connectivity index (χ0v) is 13.4. The molecular weight excluding hydrogens is 296 g/mol. The van der Waals surface area contributed by atoms with Gasteiger partial charge in [0.15, 0.2) is 0 Å². The number of nitrogens with two attached hydrogens (primary N) is 1. The highest BCUT2D eigenvalue weighted by atomic mass is 35.5. The molecule has 114 valence electrons. The van der Waals surface area contributed by atoms with Crippen molar-refractivity contribution in [3.8, 4) is 0 Å². The number of rotatable bonds is 9. The number of hydrogen-bond donors (Lipinski definition) is 2. The summed E-state index contributed by atoms with van der Waals surface area (Å²) in [6.07, 6.45) is 6.70. The minimum Gasteiger partial charge on any atom is -0.399 e. The SMILES string of the molecule is CCCCCCCCNS(=O)(=O)c1ccc(N)cc1Cl. The van der Waals surface area contributed by atoms with E-state index in [0.717, 1.165) is 19.3 Å². The van der Waals surface area contributed by atoms with Crippen molar-refractivity contribution in [1.82, 2.24) is 4.72 Å². The number of benzene rings is 1. The summed E-state index contributed by atoms with van der Waals surface area (Å²) in [6.45, 7) is 2.61. The highest BCUT2D eigenvalue weighted by molar-refractivity contribution is 7.89. The third-order valence-electron chi connectivity index (χ3n) is 3.07. The topological polar surface area (TPSA) is 72.2 Å². The minimum absolute atomic E-state index is 0.0827. The monoisotopic (exact) mass is 318 g/mol. The first-order valence-corrected chi connectivity index (χ1v) is 8.88. The molecule has 0 unspecified atom stereocenters. The van der Waals surface area contributed by atoms with Crippen molar-refractivity contribution >= 4 is 27.3 Å². The molecule has 4 nitrogen and oxygen atoms in total. The Labute approximate surface area is 126 Å². The lowest BCUT2D eigenvalue weighted by molar-refractivity contribution is 0.568. The number of nitrogens with one attached hydrogen (secondary N) is 1. The fourth-order valence-electron chi connectivity index (χ4n) is 1.92. The predicted molar refractivity (Wildman–Crippen MR) is 84.4 cm³/mol. The van der Waals surface area contributed by atoms with Crippen molar-refractivity contribution in [1.29, 1.82) is 0 Å². The third kappa shape index (κ3) is 5.69. The molecule has 20 heavy (non-hydrogen) atoms. The fraction of sp³-hybridized carbons (Fsp3) is 0.571. The number of hydrogen-bond acceptors (Lipinski definition) is 3. The average Bonchev–Trinajstić information content (AvgIpc) is 2.37. The number of halogens is 1. The predicted octanol–water partition coefficient (Wildman–Crippen LogP) is 3.56. The molecule has 0 heterocycles. The van der Waals surface area contributed by atoms with E-state index in [2.05, 4.69) is 11.6 Å². The van der Waals surface area contributed by atoms with Crippen LogP contribution in [0.3, 0.4) is 0 Å². The van der Waals surface area contributed by atoms with Crippen molar-refractivity contribution in [3.05, 3.63) is 23.2 Å². The van der Waals surface area contributed by atoms with E-state index in [9.17, 15) is 8.42 Å². The molecule has 0 bridgehead atoms. The molecular formula is C14H23ClN2O2S. The molecule has 0 amide bonds. The fourth-order valence-corrected chi connectivity index (χ4v) is 3.55. The Morgan fingerprint density at radius 3 is 2.45 bits per heavy atom. The molecule has 0 spiro atoms. The van der Waals surface area contributed by atoms with Crippen LogP contribution in [0, 0.1) is 0 Å². The molecule has 6 heteroatoms. The average molecular weight is 319 g/mol. The highest BCUT2D eigenvalue weighted by Gasteiger charge is 2.17. The van der Waals surface area contributed by atoms with E-state index >= 15 is 0 Å². The maximum Gasteiger partial charge on any atom is 0.242 e. The molecule has 0 aromatic heterocycles. The molecule has 0 atom stereocenters. The van der Waals surface area contributed by atoms with Gasteiger partial charge in [-0.3, -0.25) is 0 Å². The second kappa shape index (κ2) is 8.49. The Morgan fingerprint density at radius 2 is 1.80 bits per heavy atom. The van der Waals surface area contributed by atoms with E-state index < -0.39 is 10.0 Å². The van der Waals surface area contributed by atoms with Gasteiger partial charge in [-0.2, -0.15) is 0 Å². The molecule has 0 radical (unpaired) electrons. The Hall–Kier alpha value is -0.780. The highest BCUT2D eigenvalue weighted by Crippen LogP contribution is 2.23. The van der Waals surface area contributed by atoms with Gasteiger partial charge in [0.1, 0.15) is 4.90 Å². The van der Waals surface area contributed by atoms with Crippen LogP contribution >= 0.6 is 11.6 Å². The van der Waals surface area contributed by atoms with Crippen LogP contribution in [0.5, 0.6) is 0 Å². The van der Waals surface area contributed by atoms with Gasteiger partial charge in [-0.05, 0) is 24.6 Å². The van der Waals surface area contributed by atoms with E-state index in [0.29, 0.717) is 12.2 Å². The van der Waals surface area contributed by atoms with Gasteiger partial charge >= 0.3 is 0 Å². The maximum absolute atomic E-state index is 12.1. The Kier molecular flexibility index (Phi) is 7.34. The van der Waals surface area contributed by atoms with E-state index in [1.807, 2.05) is 0 Å². The summed E-state index contributed by atoms with van der Waals surface area (Å²) in [5.74, 6) is 0. The number of anilines is 1. The molecule has 0 fully saturated rings. The van der Waals surface area contributed by atoms with Crippen molar-refractivity contribution in [2.45, 2.75) is 50.3 Å². The molecule has 0 saturated carbocycles. The minimum atomic E-state index is -3.54. The summed E-state index contributed by atoms with van der Waals surface area (Å²) in [5, 5.41) is 0.153. The summed E-state index contributed by atoms with van der Waals surface area (Å²) in [7, 11) is -3.54. The first-order valence-electron chi connectivity index (χ1n) is 7.02. The summed E-state index contributed by atoms with van der Waals surface area (Å²) in [4.78, 5) is 0.0827. The van der Waals surface area contributed by atoms with Crippen LogP contribution in [0.25, 0.3) is 0 Å². The van der Waals surface area contributed by atoms with Crippen LogP contribution < -0.4 is 10.5 Å². The summed E-state index contributed by atoms with van der Waals surface area (Å²) in [5.41, 5.74) is 6.00. The van der Waals surface area contributed by atoms with Crippen molar-refractivity contribution in [2.75, 3.05) is 12.3 Å². The Balaban J connectivity index is 2.42. The van der Waals surface area contributed by atoms with Gasteiger partial charge in [0.25, 0.3) is 0 Å². The van der Waals surface area contributed by atoms with Gasteiger partial charge < -0.3 is 5.73 Å². The lowest BCUT2D eigenvalue weighted by Crippen LogP contribution is -2.25. The van der Waals surface area contributed by atoms with Crippen molar-refractivity contribution in [2.24, 2.45) is 0 Å². The third-order valence-corrected chi connectivity index (χ3v) is 5.01. The quantitative estimate of drug-likeness (QED) is 0.540. The number of unbranched alkanes of at least 4 members (excludes halogenated alkanes) is 5. The zero-order valence-electron chi connectivity index (χ0n) is 11.9. The first kappa shape index (κ1) is 17.3. The smallest absolute Gasteiger partial charge is 0.242 e. The van der Waals surface area contributed by atoms with Crippen LogP contribution in [0.15, 0.2) is 23.1 Å². The maximum atomic E-state index is 12.1. The first-order chi connectivity index (χ1) is 9.47. The second-order valence-electron chi connectivity index (χ2n) is 4.86. The van der Waals surface area contributed by atoms with Gasteiger partial charge in [-0.25, -0.2) is 13.1 Å². The number of nitrogen functional groups attached to an aromatic ring is 1. The Bertz CT molecular complexity index is 518. The van der Waals surface area contributed by atoms with E-state index in [-0.39, 0.29) is 9.92 Å². The molecule has 0 aliphatic rings. The van der Waals surface area contributed by atoms with Gasteiger partial charge in [-0.15, -0.1) is 0 Å². The molecule has 0 aliphatic carbocycles. The van der Waals surface area contributed by atoms with Crippen LogP contribution in [0.2, 0.25) is 5.02 Å². The molecule has 1 rings (SSSR count). The molecule has 0 aliphatic heterocycles. The largest absolute Gasteiger partial charge is 0.399 e. The second-order valence-corrected chi connectivity index (χ2v) is 7.00. The van der Waals surface area contributed by atoms with Crippen LogP contribution in [-0.2, 0) is 10.0 Å². The van der Waals surface area contributed by atoms with E-state index in [4.69, 9.17) is 17.3 Å². The van der Waals surface area contributed by atoms with Crippen LogP contribution in [0.1, 0.15) is 45.4 Å². The van der Waals surface area contributed by atoms with Crippen LogP contribution in [0.4, 0.5) is 5.69 Å². The zero-order chi connectivity index (χ0) is 15.0. The van der Waals surface area contributed by atoms with E-state index in [1.54, 1.807) is 0 Å². The van der Waals surface area contributed by atoms with Gasteiger partial charge in [0.2, 0.25) is 10.0 Å². The lowest BCUT2D eigenvalue weighted by Gasteiger charge is -2.08. The molecule has 1 aromatic rings. The summed E-state index contributed by atoms with van der Waals surface area (Å²) in [6, 6.07) is 4.41. The number of sulfonamides is 1. The normalized spacial score (nSPS) is 11.7. The van der Waals surface area contributed by atoms with E-state index in [1.165, 1.54) is 37.5 Å². The van der Waals surface area contributed by atoms with Crippen molar-refractivity contribution in [3.63, 3.8) is 0 Å². The Morgan fingerprint density at radius 1 is 1.15 bits per heavy atom. The molecule has 0 saturated heterocycles. The standard InChI is InChI=1S/C14H23ClN2O2S/c1-2-3-4-5-6-7-10-17-20(18,19)14-9-8-12(16)11-13(14)15/h8-9,11,17H,2-7,10,16H2,1H3.